The molecule has 2 N–H and O–H groups in total. The Morgan fingerprint density at radius 2 is 1.76 bits per heavy atom. The van der Waals surface area contributed by atoms with Gasteiger partial charge in [-0.3, -0.25) is 0 Å². The van der Waals surface area contributed by atoms with Gasteiger partial charge in [-0.25, -0.2) is 4.98 Å². The van der Waals surface area contributed by atoms with Crippen LogP contribution in [-0.4, -0.2) is 4.98 Å². The minimum absolute atomic E-state index is 0.500. The molecule has 0 saturated heterocycles. The first-order valence-electron chi connectivity index (χ1n) is 5.30. The van der Waals surface area contributed by atoms with Crippen LogP contribution in [0.25, 0.3) is 0 Å². The van der Waals surface area contributed by atoms with Crippen molar-refractivity contribution in [1.82, 2.24) is 4.98 Å². The number of rotatable bonds is 4. The van der Waals surface area contributed by atoms with Crippen LogP contribution in [0.1, 0.15) is 11.1 Å². The lowest BCUT2D eigenvalue weighted by Crippen LogP contribution is -1.99. The van der Waals surface area contributed by atoms with E-state index < -0.39 is 0 Å². The molecule has 0 atom stereocenters. The molecule has 0 aliphatic carbocycles. The summed E-state index contributed by atoms with van der Waals surface area (Å²) in [6, 6.07) is 11.8. The maximum Gasteiger partial charge on any atom is 0.213 e. The molecule has 3 nitrogen and oxygen atoms in total. The summed E-state index contributed by atoms with van der Waals surface area (Å²) >= 11 is 3.39. The summed E-state index contributed by atoms with van der Waals surface area (Å²) in [6.45, 7) is 1.02. The van der Waals surface area contributed by atoms with Gasteiger partial charge in [0.2, 0.25) is 5.88 Å². The molecule has 2 aromatic rings. The first-order chi connectivity index (χ1) is 8.28. The van der Waals surface area contributed by atoms with Crippen molar-refractivity contribution in [2.75, 3.05) is 0 Å². The predicted octanol–water partition coefficient (Wildman–Crippen LogP) is 2.88. The summed E-state index contributed by atoms with van der Waals surface area (Å²) in [5, 5.41) is 0. The van der Waals surface area contributed by atoms with E-state index in [1.807, 2.05) is 36.4 Å². The number of hydrogen-bond acceptors (Lipinski definition) is 3. The molecule has 0 saturated carbocycles. The minimum atomic E-state index is 0.500. The molecule has 1 aromatic carbocycles. The Labute approximate surface area is 109 Å². The van der Waals surface area contributed by atoms with E-state index in [9.17, 15) is 0 Å². The van der Waals surface area contributed by atoms with Crippen LogP contribution in [0.3, 0.4) is 0 Å². The summed E-state index contributed by atoms with van der Waals surface area (Å²) < 4.78 is 6.63. The maximum absolute atomic E-state index is 5.56. The molecule has 0 bridgehead atoms. The summed E-state index contributed by atoms with van der Waals surface area (Å²) in [5.74, 6) is 0.616. The molecule has 0 fully saturated rings. The van der Waals surface area contributed by atoms with E-state index in [0.717, 1.165) is 15.6 Å². The number of halogens is 1. The normalized spacial score (nSPS) is 10.2. The van der Waals surface area contributed by atoms with Crippen LogP contribution >= 0.6 is 15.9 Å². The average Bonchev–Trinajstić information content (AvgIpc) is 2.39. The fourth-order valence-corrected chi connectivity index (χ4v) is 1.62. The van der Waals surface area contributed by atoms with Crippen molar-refractivity contribution in [2.45, 2.75) is 13.2 Å². The first kappa shape index (κ1) is 12.1. The molecule has 0 amide bonds. The fourth-order valence-electron chi connectivity index (χ4n) is 1.35. The third-order valence-corrected chi connectivity index (χ3v) is 2.86. The van der Waals surface area contributed by atoms with Gasteiger partial charge in [0.15, 0.2) is 0 Å². The van der Waals surface area contributed by atoms with Crippen LogP contribution in [0.15, 0.2) is 47.1 Å². The topological polar surface area (TPSA) is 48.1 Å². The first-order valence-corrected chi connectivity index (χ1v) is 6.09. The molecule has 0 unspecified atom stereocenters. The molecule has 0 aliphatic heterocycles. The van der Waals surface area contributed by atoms with E-state index in [1.54, 1.807) is 6.20 Å². The number of pyridine rings is 1. The van der Waals surface area contributed by atoms with Crippen molar-refractivity contribution < 1.29 is 4.74 Å². The van der Waals surface area contributed by atoms with E-state index in [4.69, 9.17) is 10.5 Å². The van der Waals surface area contributed by atoms with Crippen LogP contribution in [0.2, 0.25) is 0 Å². The van der Waals surface area contributed by atoms with Crippen molar-refractivity contribution in [1.29, 1.82) is 0 Å². The zero-order valence-electron chi connectivity index (χ0n) is 9.27. The van der Waals surface area contributed by atoms with Gasteiger partial charge in [-0.15, -0.1) is 0 Å². The number of benzene rings is 1. The van der Waals surface area contributed by atoms with Crippen molar-refractivity contribution in [2.24, 2.45) is 5.73 Å². The molecule has 17 heavy (non-hydrogen) atoms. The molecule has 1 heterocycles. The van der Waals surface area contributed by atoms with Crippen molar-refractivity contribution in [3.63, 3.8) is 0 Å². The van der Waals surface area contributed by atoms with Gasteiger partial charge in [-0.05, 0) is 23.3 Å². The van der Waals surface area contributed by atoms with Crippen LogP contribution < -0.4 is 10.5 Å². The molecule has 0 spiro atoms. The van der Waals surface area contributed by atoms with Gasteiger partial charge in [0.05, 0.1) is 0 Å². The van der Waals surface area contributed by atoms with E-state index >= 15 is 0 Å². The van der Waals surface area contributed by atoms with Crippen molar-refractivity contribution >= 4 is 15.9 Å². The zero-order chi connectivity index (χ0) is 12.1. The lowest BCUT2D eigenvalue weighted by Gasteiger charge is -2.05. The van der Waals surface area contributed by atoms with E-state index in [1.165, 1.54) is 0 Å². The quantitative estimate of drug-likeness (QED) is 0.943. The van der Waals surface area contributed by atoms with Gasteiger partial charge in [0.25, 0.3) is 0 Å². The van der Waals surface area contributed by atoms with E-state index in [2.05, 4.69) is 20.9 Å². The molecular weight excluding hydrogens is 280 g/mol. The van der Waals surface area contributed by atoms with Gasteiger partial charge in [0.1, 0.15) is 6.61 Å². The average molecular weight is 293 g/mol. The van der Waals surface area contributed by atoms with Gasteiger partial charge in [-0.1, -0.05) is 34.1 Å². The zero-order valence-corrected chi connectivity index (χ0v) is 10.9. The Morgan fingerprint density at radius 1 is 1.06 bits per heavy atom. The Kier molecular flexibility index (Phi) is 4.12. The SMILES string of the molecule is NCc1ccc(OCc2ccc(Br)cc2)nc1. The Balaban J connectivity index is 1.95. The number of ether oxygens (including phenoxy) is 1. The van der Waals surface area contributed by atoms with Gasteiger partial charge in [0, 0.05) is 23.3 Å². The number of hydrogen-bond donors (Lipinski definition) is 1. The van der Waals surface area contributed by atoms with Crippen LogP contribution in [-0.2, 0) is 13.2 Å². The summed E-state index contributed by atoms with van der Waals surface area (Å²) in [4.78, 5) is 4.17. The van der Waals surface area contributed by atoms with Crippen LogP contribution in [0.5, 0.6) is 5.88 Å². The molecule has 0 aliphatic rings. The molecule has 2 rings (SSSR count). The Bertz CT molecular complexity index is 468. The largest absolute Gasteiger partial charge is 0.473 e. The Morgan fingerprint density at radius 3 is 2.35 bits per heavy atom. The third-order valence-electron chi connectivity index (χ3n) is 2.33. The van der Waals surface area contributed by atoms with Gasteiger partial charge < -0.3 is 10.5 Å². The number of nitrogens with two attached hydrogens (primary N) is 1. The summed E-state index contributed by atoms with van der Waals surface area (Å²) in [6.07, 6.45) is 1.73. The smallest absolute Gasteiger partial charge is 0.213 e. The van der Waals surface area contributed by atoms with E-state index in [0.29, 0.717) is 19.0 Å². The van der Waals surface area contributed by atoms with Crippen LogP contribution in [0.4, 0.5) is 0 Å². The standard InChI is InChI=1S/C13H13BrN2O/c14-12-4-1-10(2-5-12)9-17-13-6-3-11(7-15)8-16-13/h1-6,8H,7,9,15H2. The highest BCUT2D eigenvalue weighted by atomic mass is 79.9. The molecule has 1 aromatic heterocycles. The maximum atomic E-state index is 5.56. The van der Waals surface area contributed by atoms with Gasteiger partial charge in [-0.2, -0.15) is 0 Å². The monoisotopic (exact) mass is 292 g/mol. The number of nitrogens with zero attached hydrogens (tertiary/aromatic N) is 1. The highest BCUT2D eigenvalue weighted by Crippen LogP contribution is 2.13. The lowest BCUT2D eigenvalue weighted by atomic mass is 10.2. The number of aromatic nitrogens is 1. The summed E-state index contributed by atoms with van der Waals surface area (Å²) in [7, 11) is 0. The second-order valence-corrected chi connectivity index (χ2v) is 4.54. The second-order valence-electron chi connectivity index (χ2n) is 3.62. The highest BCUT2D eigenvalue weighted by Gasteiger charge is 1.97. The van der Waals surface area contributed by atoms with Crippen molar-refractivity contribution in [3.05, 3.63) is 58.2 Å². The molecular formula is C13H13BrN2O. The van der Waals surface area contributed by atoms with Crippen molar-refractivity contribution in [3.8, 4) is 5.88 Å². The fraction of sp³-hybridized carbons (Fsp3) is 0.154. The lowest BCUT2D eigenvalue weighted by molar-refractivity contribution is 0.293. The Hall–Kier alpha value is -1.39. The highest BCUT2D eigenvalue weighted by molar-refractivity contribution is 9.10. The summed E-state index contributed by atoms with van der Waals surface area (Å²) in [5.41, 5.74) is 7.60. The molecule has 0 radical (unpaired) electrons. The minimum Gasteiger partial charge on any atom is -0.473 e. The third kappa shape index (κ3) is 3.54. The van der Waals surface area contributed by atoms with Gasteiger partial charge >= 0.3 is 0 Å². The molecule has 4 heteroatoms. The second kappa shape index (κ2) is 5.80. The molecule has 88 valence electrons. The van der Waals surface area contributed by atoms with E-state index in [-0.39, 0.29) is 0 Å². The van der Waals surface area contributed by atoms with Crippen LogP contribution in [0, 0.1) is 0 Å². The predicted molar refractivity (Wildman–Crippen MR) is 70.6 cm³/mol.